The van der Waals surface area contributed by atoms with Crippen molar-refractivity contribution in [2.24, 2.45) is 0 Å². The van der Waals surface area contributed by atoms with Gasteiger partial charge in [0.25, 0.3) is 0 Å². The van der Waals surface area contributed by atoms with Gasteiger partial charge in [0.15, 0.2) is 0 Å². The van der Waals surface area contributed by atoms with Gasteiger partial charge in [0, 0.05) is 0 Å². The first-order chi connectivity index (χ1) is 15.1. The topological polar surface area (TPSA) is 46.2 Å². The Kier molecular flexibility index (Phi) is 8.55. The maximum atomic E-state index is 12.1. The van der Waals surface area contributed by atoms with Gasteiger partial charge in [0.2, 0.25) is 0 Å². The number of carbonyl (C=O) groups is 2. The molecule has 0 atom stereocenters. The molecule has 0 aliphatic carbocycles. The van der Waals surface area contributed by atoms with Crippen molar-refractivity contribution >= 4 is 34.9 Å². The molecule has 0 fully saturated rings. The number of ketones is 1. The Balaban J connectivity index is 1.82. The second-order valence-electron chi connectivity index (χ2n) is 8.01. The quantitative estimate of drug-likeness (QED) is 0.367. The Morgan fingerprint density at radius 3 is 1.55 bits per heavy atom. The SMILES string of the molecule is CC(=O)CCNC(=O)CCCC[PH](c1ccccc1)(c1ccccc1)c1ccccc1. The number of rotatable bonds is 11. The first-order valence-corrected chi connectivity index (χ1v) is 13.3. The van der Waals surface area contributed by atoms with Gasteiger partial charge < -0.3 is 0 Å². The molecule has 0 spiro atoms. The van der Waals surface area contributed by atoms with Crippen LogP contribution in [0.25, 0.3) is 0 Å². The number of hydrogen-bond acceptors (Lipinski definition) is 2. The van der Waals surface area contributed by atoms with Crippen LogP contribution in [0.4, 0.5) is 0 Å². The first kappa shape index (κ1) is 22.9. The van der Waals surface area contributed by atoms with Gasteiger partial charge in [-0.15, -0.1) is 0 Å². The Morgan fingerprint density at radius 1 is 0.677 bits per heavy atom. The minimum absolute atomic E-state index is 0.0349. The molecule has 0 bridgehead atoms. The molecule has 4 heteroatoms. The van der Waals surface area contributed by atoms with E-state index in [1.807, 2.05) is 0 Å². The molecule has 0 aromatic heterocycles. The van der Waals surface area contributed by atoms with Crippen LogP contribution < -0.4 is 21.2 Å². The molecule has 1 N–H and O–H groups in total. The van der Waals surface area contributed by atoms with Crippen molar-refractivity contribution in [3.05, 3.63) is 91.0 Å². The van der Waals surface area contributed by atoms with Crippen LogP contribution in [-0.2, 0) is 9.59 Å². The predicted molar refractivity (Wildman–Crippen MR) is 134 cm³/mol. The molecule has 31 heavy (non-hydrogen) atoms. The fourth-order valence-corrected chi connectivity index (χ4v) is 9.17. The average Bonchev–Trinajstić information content (AvgIpc) is 2.81. The van der Waals surface area contributed by atoms with Crippen molar-refractivity contribution in [2.45, 2.75) is 32.6 Å². The summed E-state index contributed by atoms with van der Waals surface area (Å²) >= 11 is 0. The van der Waals surface area contributed by atoms with Crippen molar-refractivity contribution < 1.29 is 9.59 Å². The molecule has 0 saturated carbocycles. The Bertz CT molecular complexity index is 862. The van der Waals surface area contributed by atoms with Gasteiger partial charge in [-0.3, -0.25) is 0 Å². The first-order valence-electron chi connectivity index (χ1n) is 11.1. The van der Waals surface area contributed by atoms with Gasteiger partial charge in [-0.05, 0) is 0 Å². The average molecular weight is 434 g/mol. The van der Waals surface area contributed by atoms with Gasteiger partial charge in [-0.25, -0.2) is 0 Å². The number of hydrogen-bond donors (Lipinski definition) is 1. The molecule has 0 saturated heterocycles. The standard InChI is InChI=1S/C27H32NO2P/c1-23(29)20-21-28-27(30)19-11-12-22-31(24-13-5-2-6-14-24,25-15-7-3-8-16-25)26-17-9-4-10-18-26/h2-10,13-18,31H,11-12,19-22H2,1H3,(H,28,30). The summed E-state index contributed by atoms with van der Waals surface area (Å²) in [5.74, 6) is 0.136. The van der Waals surface area contributed by atoms with Crippen molar-refractivity contribution in [1.82, 2.24) is 5.32 Å². The summed E-state index contributed by atoms with van der Waals surface area (Å²) in [5.41, 5.74) is 0. The van der Waals surface area contributed by atoms with E-state index in [0.717, 1.165) is 19.0 Å². The Hall–Kier alpha value is -2.77. The van der Waals surface area contributed by atoms with Crippen LogP contribution in [0.2, 0.25) is 0 Å². The molecule has 0 radical (unpaired) electrons. The third-order valence-electron chi connectivity index (χ3n) is 5.80. The molecule has 0 aliphatic rings. The van der Waals surface area contributed by atoms with E-state index in [2.05, 4.69) is 96.3 Å². The van der Waals surface area contributed by atoms with E-state index in [-0.39, 0.29) is 11.7 Å². The second kappa shape index (κ2) is 11.6. The zero-order chi connectivity index (χ0) is 21.9. The Labute approximate surface area is 186 Å². The molecule has 3 aromatic carbocycles. The van der Waals surface area contributed by atoms with Gasteiger partial charge >= 0.3 is 186 Å². The van der Waals surface area contributed by atoms with Crippen molar-refractivity contribution in [3.63, 3.8) is 0 Å². The minimum atomic E-state index is -2.21. The fourth-order valence-electron chi connectivity index (χ4n) is 4.24. The number of benzene rings is 3. The molecule has 3 rings (SSSR count). The third kappa shape index (κ3) is 6.12. The molecule has 0 unspecified atom stereocenters. The number of nitrogens with one attached hydrogen (secondary N) is 1. The van der Waals surface area contributed by atoms with Crippen molar-refractivity contribution in [1.29, 1.82) is 0 Å². The van der Waals surface area contributed by atoms with E-state index in [9.17, 15) is 9.59 Å². The van der Waals surface area contributed by atoms with Gasteiger partial charge in [0.05, 0.1) is 0 Å². The van der Waals surface area contributed by atoms with Crippen LogP contribution in [0.15, 0.2) is 91.0 Å². The molecular weight excluding hydrogens is 401 g/mol. The molecule has 0 heterocycles. The fraction of sp³-hybridized carbons (Fsp3) is 0.259. The number of carbonyl (C=O) groups excluding carboxylic acids is 2. The van der Waals surface area contributed by atoms with Gasteiger partial charge in [-0.1, -0.05) is 0 Å². The summed E-state index contributed by atoms with van der Waals surface area (Å²) in [4.78, 5) is 23.2. The van der Waals surface area contributed by atoms with Crippen molar-refractivity contribution in [2.75, 3.05) is 12.7 Å². The van der Waals surface area contributed by atoms with Gasteiger partial charge in [-0.2, -0.15) is 0 Å². The molecule has 0 aliphatic heterocycles. The normalized spacial score (nSPS) is 11.6. The Morgan fingerprint density at radius 2 is 1.13 bits per heavy atom. The number of Topliss-reactive ketones (excluding diaryl/α,β-unsaturated/α-hetero) is 1. The monoisotopic (exact) mass is 433 g/mol. The van der Waals surface area contributed by atoms with E-state index >= 15 is 0 Å². The summed E-state index contributed by atoms with van der Waals surface area (Å²) in [6.07, 6.45) is 3.77. The third-order valence-corrected chi connectivity index (χ3v) is 10.9. The van der Waals surface area contributed by atoms with E-state index in [4.69, 9.17) is 0 Å². The molecule has 162 valence electrons. The van der Waals surface area contributed by atoms with Crippen LogP contribution >= 0.6 is 7.26 Å². The summed E-state index contributed by atoms with van der Waals surface area (Å²) in [6.45, 7) is 1.98. The van der Waals surface area contributed by atoms with Crippen LogP contribution in [0.3, 0.4) is 0 Å². The zero-order valence-electron chi connectivity index (χ0n) is 18.2. The van der Waals surface area contributed by atoms with E-state index in [0.29, 0.717) is 19.4 Å². The zero-order valence-corrected chi connectivity index (χ0v) is 19.2. The van der Waals surface area contributed by atoms with Crippen LogP contribution in [0.1, 0.15) is 32.6 Å². The molecular formula is C27H32NO2P. The number of amides is 1. The van der Waals surface area contributed by atoms with Gasteiger partial charge in [0.1, 0.15) is 0 Å². The van der Waals surface area contributed by atoms with E-state index in [1.54, 1.807) is 6.92 Å². The van der Waals surface area contributed by atoms with E-state index < -0.39 is 7.26 Å². The summed E-state index contributed by atoms with van der Waals surface area (Å²) in [7, 11) is -2.21. The van der Waals surface area contributed by atoms with Crippen LogP contribution in [-0.4, -0.2) is 24.4 Å². The summed E-state index contributed by atoms with van der Waals surface area (Å²) in [6, 6.07) is 32.6. The maximum absolute atomic E-state index is 12.1. The summed E-state index contributed by atoms with van der Waals surface area (Å²) < 4.78 is 0. The number of unbranched alkanes of at least 4 members (excludes halogenated alkanes) is 1. The van der Waals surface area contributed by atoms with Crippen LogP contribution in [0.5, 0.6) is 0 Å². The van der Waals surface area contributed by atoms with Crippen molar-refractivity contribution in [3.8, 4) is 0 Å². The van der Waals surface area contributed by atoms with E-state index in [1.165, 1.54) is 15.9 Å². The predicted octanol–water partition coefficient (Wildman–Crippen LogP) is 3.98. The molecule has 3 nitrogen and oxygen atoms in total. The second-order valence-corrected chi connectivity index (χ2v) is 12.1. The van der Waals surface area contributed by atoms with Crippen LogP contribution in [0, 0.1) is 0 Å². The molecule has 3 aromatic rings. The molecule has 1 amide bonds. The summed E-state index contributed by atoms with van der Waals surface area (Å²) in [5, 5.41) is 7.06.